The van der Waals surface area contributed by atoms with Crippen molar-refractivity contribution >= 4 is 39.2 Å². The molecule has 0 radical (unpaired) electrons. The highest BCUT2D eigenvalue weighted by Gasteiger charge is 2.39. The van der Waals surface area contributed by atoms with Gasteiger partial charge in [-0.25, -0.2) is 9.59 Å². The molecule has 1 aromatic carbocycles. The number of nitrogens with zero attached hydrogens (tertiary/aromatic N) is 1. The van der Waals surface area contributed by atoms with Gasteiger partial charge in [-0.05, 0) is 22.4 Å². The van der Waals surface area contributed by atoms with E-state index in [2.05, 4.69) is 28.2 Å². The van der Waals surface area contributed by atoms with Gasteiger partial charge in [-0.15, -0.1) is 0 Å². The number of unbranched alkanes of at least 4 members (excludes halogenated alkanes) is 5. The second-order valence-electron chi connectivity index (χ2n) is 7.55. The number of esters is 2. The second-order valence-corrected chi connectivity index (χ2v) is 8.41. The van der Waals surface area contributed by atoms with Crippen molar-refractivity contribution in [3.05, 3.63) is 38.5 Å². The van der Waals surface area contributed by atoms with Crippen LogP contribution in [-0.2, 0) is 19.1 Å². The Morgan fingerprint density at radius 2 is 1.74 bits per heavy atom. The van der Waals surface area contributed by atoms with Gasteiger partial charge >= 0.3 is 11.9 Å². The SMILES string of the molecule is CCCCCCCCOc1cc(NC=C2C(=O)OC(C)(C)OC2=O)c([N+](=O)[O-])cc1Br. The van der Waals surface area contributed by atoms with Gasteiger partial charge in [0, 0.05) is 32.2 Å². The average molecular weight is 499 g/mol. The van der Waals surface area contributed by atoms with Crippen molar-refractivity contribution in [2.75, 3.05) is 11.9 Å². The van der Waals surface area contributed by atoms with E-state index in [-0.39, 0.29) is 11.4 Å². The number of cyclic esters (lactones) is 2. The molecule has 1 aromatic rings. The lowest BCUT2D eigenvalue weighted by Crippen LogP contribution is -2.42. The molecule has 0 spiro atoms. The zero-order valence-electron chi connectivity index (χ0n) is 17.9. The fourth-order valence-corrected chi connectivity index (χ4v) is 3.36. The Morgan fingerprint density at radius 1 is 1.13 bits per heavy atom. The van der Waals surface area contributed by atoms with Crippen molar-refractivity contribution in [3.8, 4) is 5.75 Å². The molecule has 0 atom stereocenters. The van der Waals surface area contributed by atoms with Crippen LogP contribution < -0.4 is 10.1 Å². The zero-order chi connectivity index (χ0) is 23.0. The molecule has 1 heterocycles. The van der Waals surface area contributed by atoms with Gasteiger partial charge in [0.25, 0.3) is 11.5 Å². The third-order valence-electron chi connectivity index (χ3n) is 4.49. The van der Waals surface area contributed by atoms with Gasteiger partial charge in [0.05, 0.1) is 16.0 Å². The molecule has 10 heteroatoms. The van der Waals surface area contributed by atoms with Gasteiger partial charge in [-0.1, -0.05) is 39.0 Å². The number of benzene rings is 1. The van der Waals surface area contributed by atoms with E-state index < -0.39 is 28.2 Å². The summed E-state index contributed by atoms with van der Waals surface area (Å²) in [5, 5.41) is 14.1. The molecule has 9 nitrogen and oxygen atoms in total. The molecule has 1 fully saturated rings. The summed E-state index contributed by atoms with van der Waals surface area (Å²) in [6, 6.07) is 2.75. The van der Waals surface area contributed by atoms with Crippen LogP contribution in [0.25, 0.3) is 0 Å². The zero-order valence-corrected chi connectivity index (χ0v) is 19.5. The van der Waals surface area contributed by atoms with Gasteiger partial charge < -0.3 is 19.5 Å². The quantitative estimate of drug-likeness (QED) is 0.110. The summed E-state index contributed by atoms with van der Waals surface area (Å²) in [6.07, 6.45) is 7.69. The number of nitro groups is 1. The largest absolute Gasteiger partial charge is 0.492 e. The highest BCUT2D eigenvalue weighted by Crippen LogP contribution is 2.36. The number of ether oxygens (including phenoxy) is 3. The summed E-state index contributed by atoms with van der Waals surface area (Å²) in [4.78, 5) is 35.0. The van der Waals surface area contributed by atoms with Crippen LogP contribution >= 0.6 is 15.9 Å². The van der Waals surface area contributed by atoms with Crippen molar-refractivity contribution in [1.29, 1.82) is 0 Å². The molecule has 0 aliphatic carbocycles. The maximum absolute atomic E-state index is 12.1. The number of hydrogen-bond acceptors (Lipinski definition) is 8. The van der Waals surface area contributed by atoms with Crippen LogP contribution in [0.15, 0.2) is 28.4 Å². The lowest BCUT2D eigenvalue weighted by Gasteiger charge is -2.29. The van der Waals surface area contributed by atoms with E-state index >= 15 is 0 Å². The van der Waals surface area contributed by atoms with Gasteiger partial charge in [0.15, 0.2) is 5.57 Å². The number of hydrogen-bond donors (Lipinski definition) is 1. The molecule has 31 heavy (non-hydrogen) atoms. The Bertz CT molecular complexity index is 846. The Balaban J connectivity index is 2.11. The molecule has 1 aliphatic heterocycles. The summed E-state index contributed by atoms with van der Waals surface area (Å²) in [7, 11) is 0. The van der Waals surface area contributed by atoms with Crippen LogP contribution in [0.1, 0.15) is 59.3 Å². The maximum atomic E-state index is 12.1. The predicted molar refractivity (Wildman–Crippen MR) is 118 cm³/mol. The van der Waals surface area contributed by atoms with E-state index in [0.29, 0.717) is 16.8 Å². The minimum absolute atomic E-state index is 0.0593. The maximum Gasteiger partial charge on any atom is 0.350 e. The normalized spacial score (nSPS) is 15.2. The Kier molecular flexibility index (Phi) is 8.85. The lowest BCUT2D eigenvalue weighted by molar-refractivity contribution is -0.384. The molecule has 0 amide bonds. The number of nitrogens with one attached hydrogen (secondary N) is 1. The van der Waals surface area contributed by atoms with Crippen molar-refractivity contribution < 1.29 is 28.7 Å². The Hall–Kier alpha value is -2.62. The molecular formula is C21H27BrN2O7. The number of anilines is 1. The monoisotopic (exact) mass is 498 g/mol. The molecule has 0 aromatic heterocycles. The topological polar surface area (TPSA) is 117 Å². The molecule has 0 saturated carbocycles. The molecular weight excluding hydrogens is 472 g/mol. The molecule has 1 N–H and O–H groups in total. The summed E-state index contributed by atoms with van der Waals surface area (Å²) >= 11 is 3.29. The van der Waals surface area contributed by atoms with Gasteiger partial charge in [-0.3, -0.25) is 10.1 Å². The minimum Gasteiger partial charge on any atom is -0.492 e. The van der Waals surface area contributed by atoms with Crippen LogP contribution in [0.4, 0.5) is 11.4 Å². The molecule has 2 rings (SSSR count). The first-order valence-corrected chi connectivity index (χ1v) is 11.0. The summed E-state index contributed by atoms with van der Waals surface area (Å²) in [5.74, 6) is -2.72. The van der Waals surface area contributed by atoms with E-state index in [1.54, 1.807) is 0 Å². The van der Waals surface area contributed by atoms with Crippen LogP contribution in [0, 0.1) is 10.1 Å². The standard InChI is InChI=1S/C21H27BrN2O7/c1-4-5-6-7-8-9-10-29-18-12-16(17(24(27)28)11-15(18)22)23-13-14-19(25)30-21(2,3)31-20(14)26/h11-13,23H,4-10H2,1-3H3. The number of rotatable bonds is 11. The van der Waals surface area contributed by atoms with Crippen molar-refractivity contribution in [3.63, 3.8) is 0 Å². The highest BCUT2D eigenvalue weighted by molar-refractivity contribution is 9.10. The Morgan fingerprint density at radius 3 is 2.35 bits per heavy atom. The van der Waals surface area contributed by atoms with Gasteiger partial charge in [0.2, 0.25) is 0 Å². The number of nitro benzene ring substituents is 1. The first-order chi connectivity index (χ1) is 14.6. The number of carbonyl (C=O) groups excluding carboxylic acids is 2. The molecule has 1 aliphatic rings. The van der Waals surface area contributed by atoms with Crippen molar-refractivity contribution in [2.45, 2.75) is 65.1 Å². The van der Waals surface area contributed by atoms with E-state index in [1.165, 1.54) is 45.2 Å². The van der Waals surface area contributed by atoms with Crippen molar-refractivity contribution in [1.82, 2.24) is 0 Å². The first kappa shape index (κ1) is 24.6. The fourth-order valence-electron chi connectivity index (χ4n) is 2.91. The smallest absolute Gasteiger partial charge is 0.350 e. The summed E-state index contributed by atoms with van der Waals surface area (Å²) in [6.45, 7) is 5.49. The molecule has 0 unspecified atom stereocenters. The van der Waals surface area contributed by atoms with Crippen LogP contribution in [0.3, 0.4) is 0 Å². The van der Waals surface area contributed by atoms with Gasteiger partial charge in [-0.2, -0.15) is 0 Å². The number of halogens is 1. The third kappa shape index (κ3) is 7.23. The summed E-state index contributed by atoms with van der Waals surface area (Å²) < 4.78 is 16.2. The van der Waals surface area contributed by atoms with Gasteiger partial charge in [0.1, 0.15) is 11.4 Å². The fraction of sp³-hybridized carbons (Fsp3) is 0.524. The highest BCUT2D eigenvalue weighted by atomic mass is 79.9. The number of carbonyl (C=O) groups is 2. The first-order valence-electron chi connectivity index (χ1n) is 10.2. The van der Waals surface area contributed by atoms with Crippen LogP contribution in [0.2, 0.25) is 0 Å². The third-order valence-corrected chi connectivity index (χ3v) is 5.11. The van der Waals surface area contributed by atoms with E-state index in [4.69, 9.17) is 14.2 Å². The second kappa shape index (κ2) is 11.1. The predicted octanol–water partition coefficient (Wildman–Crippen LogP) is 5.23. The van der Waals surface area contributed by atoms with Crippen LogP contribution in [-0.4, -0.2) is 29.3 Å². The van der Waals surface area contributed by atoms with Crippen LogP contribution in [0.5, 0.6) is 5.75 Å². The summed E-state index contributed by atoms with van der Waals surface area (Å²) in [5.41, 5.74) is -0.594. The average Bonchev–Trinajstić information content (AvgIpc) is 2.67. The molecule has 170 valence electrons. The van der Waals surface area contributed by atoms with E-state index in [9.17, 15) is 19.7 Å². The minimum atomic E-state index is -1.37. The van der Waals surface area contributed by atoms with E-state index in [0.717, 1.165) is 25.5 Å². The molecule has 1 saturated heterocycles. The Labute approximate surface area is 189 Å². The molecule has 0 bridgehead atoms. The van der Waals surface area contributed by atoms with Crippen molar-refractivity contribution in [2.24, 2.45) is 0 Å². The lowest BCUT2D eigenvalue weighted by atomic mass is 10.1. The van der Waals surface area contributed by atoms with E-state index in [1.807, 2.05) is 0 Å².